The van der Waals surface area contributed by atoms with Crippen LogP contribution in [-0.4, -0.2) is 19.3 Å². The summed E-state index contributed by atoms with van der Waals surface area (Å²) in [4.78, 5) is 0. The summed E-state index contributed by atoms with van der Waals surface area (Å²) in [6.45, 7) is 5.82. The van der Waals surface area contributed by atoms with Gasteiger partial charge in [-0.15, -0.1) is 0 Å². The van der Waals surface area contributed by atoms with E-state index in [4.69, 9.17) is 23.2 Å². The first-order valence-electron chi connectivity index (χ1n) is 10.7. The molecule has 3 nitrogen and oxygen atoms in total. The van der Waals surface area contributed by atoms with E-state index in [0.29, 0.717) is 40.0 Å². The molecule has 1 saturated carbocycles. The van der Waals surface area contributed by atoms with Crippen molar-refractivity contribution in [1.29, 1.82) is 0 Å². The first kappa shape index (κ1) is 20.8. The normalized spacial score (nSPS) is 24.3. The number of hydrogen-bond donors (Lipinski definition) is 0. The molecular weight excluding hydrogens is 437 g/mol. The summed E-state index contributed by atoms with van der Waals surface area (Å²) in [6, 6.07) is 11.6. The van der Waals surface area contributed by atoms with Crippen LogP contribution in [0.25, 0.3) is 0 Å². The first-order chi connectivity index (χ1) is 14.1. The van der Waals surface area contributed by atoms with Crippen LogP contribution >= 0.6 is 23.2 Å². The second-order valence-electron chi connectivity index (χ2n) is 9.87. The molecule has 0 aromatic heterocycles. The second kappa shape index (κ2) is 6.96. The number of nitrogens with zero attached hydrogens (tertiary/aromatic N) is 1. The van der Waals surface area contributed by atoms with Crippen LogP contribution in [0.1, 0.15) is 67.7 Å². The van der Waals surface area contributed by atoms with E-state index in [9.17, 15) is 8.42 Å². The first-order valence-corrected chi connectivity index (χ1v) is 13.0. The largest absolute Gasteiger partial charge is 0.218 e. The summed E-state index contributed by atoms with van der Waals surface area (Å²) < 4.78 is 28.3. The van der Waals surface area contributed by atoms with Crippen LogP contribution < -0.4 is 0 Å². The highest BCUT2D eigenvalue weighted by Gasteiger charge is 2.59. The molecule has 0 radical (unpaired) electrons. The second-order valence-corrected chi connectivity index (χ2v) is 12.7. The average Bonchev–Trinajstić information content (AvgIpc) is 3.48. The molecule has 1 unspecified atom stereocenters. The van der Waals surface area contributed by atoms with Crippen LogP contribution in [0, 0.1) is 5.41 Å². The average molecular weight is 464 g/mol. The Kier molecular flexibility index (Phi) is 4.83. The van der Waals surface area contributed by atoms with Crippen LogP contribution in [0.4, 0.5) is 0 Å². The monoisotopic (exact) mass is 463 g/mol. The highest BCUT2D eigenvalue weighted by molar-refractivity contribution is 7.88. The van der Waals surface area contributed by atoms with Gasteiger partial charge in [-0.2, -0.15) is 4.31 Å². The zero-order chi connectivity index (χ0) is 21.3. The third-order valence-electron chi connectivity index (χ3n) is 7.72. The SMILES string of the molecule is CC1(C)CC2CCN(S(=O)(=O)Cc3ccc(Cl)c(Cl)c3)Cc3cccc(c32)C12CC2. The Bertz CT molecular complexity index is 1120. The van der Waals surface area contributed by atoms with E-state index >= 15 is 0 Å². The van der Waals surface area contributed by atoms with Crippen LogP contribution in [0.5, 0.6) is 0 Å². The smallest absolute Gasteiger partial charge is 0.212 e. The van der Waals surface area contributed by atoms with Gasteiger partial charge in [0, 0.05) is 18.5 Å². The molecule has 0 bridgehead atoms. The maximum atomic E-state index is 13.3. The Morgan fingerprint density at radius 1 is 1.10 bits per heavy atom. The Hall–Kier alpha value is -1.07. The van der Waals surface area contributed by atoms with Crippen LogP contribution in [0.2, 0.25) is 10.0 Å². The molecular formula is C24H27Cl2NO2S. The molecule has 1 spiro atoms. The fourth-order valence-corrected chi connectivity index (χ4v) is 7.81. The minimum Gasteiger partial charge on any atom is -0.212 e. The van der Waals surface area contributed by atoms with Crippen molar-refractivity contribution in [2.45, 2.75) is 63.2 Å². The highest BCUT2D eigenvalue weighted by Crippen LogP contribution is 2.67. The van der Waals surface area contributed by atoms with Gasteiger partial charge >= 0.3 is 0 Å². The molecule has 2 aliphatic carbocycles. The number of halogens is 2. The lowest BCUT2D eigenvalue weighted by Gasteiger charge is -2.45. The van der Waals surface area contributed by atoms with Crippen molar-refractivity contribution in [3.63, 3.8) is 0 Å². The fraction of sp³-hybridized carbons (Fsp3) is 0.500. The molecule has 6 heteroatoms. The minimum absolute atomic E-state index is 0.0565. The van der Waals surface area contributed by atoms with E-state index in [1.54, 1.807) is 22.5 Å². The van der Waals surface area contributed by atoms with Crippen LogP contribution in [0.15, 0.2) is 36.4 Å². The van der Waals surface area contributed by atoms with Crippen molar-refractivity contribution in [2.24, 2.45) is 5.41 Å². The summed E-state index contributed by atoms with van der Waals surface area (Å²) >= 11 is 12.1. The van der Waals surface area contributed by atoms with Gasteiger partial charge in [0.15, 0.2) is 0 Å². The molecule has 30 heavy (non-hydrogen) atoms. The lowest BCUT2D eigenvalue weighted by atomic mass is 9.59. The van der Waals surface area contributed by atoms with Gasteiger partial charge in [-0.1, -0.05) is 61.3 Å². The van der Waals surface area contributed by atoms with Crippen molar-refractivity contribution >= 4 is 33.2 Å². The molecule has 1 atom stereocenters. The Morgan fingerprint density at radius 3 is 2.57 bits per heavy atom. The van der Waals surface area contributed by atoms with Gasteiger partial charge in [-0.3, -0.25) is 0 Å². The lowest BCUT2D eigenvalue weighted by molar-refractivity contribution is 0.195. The van der Waals surface area contributed by atoms with Crippen molar-refractivity contribution < 1.29 is 8.42 Å². The molecule has 160 valence electrons. The summed E-state index contributed by atoms with van der Waals surface area (Å²) in [7, 11) is -3.47. The van der Waals surface area contributed by atoms with Gasteiger partial charge in [-0.25, -0.2) is 8.42 Å². The number of benzene rings is 2. The minimum atomic E-state index is -3.47. The van der Waals surface area contributed by atoms with E-state index in [2.05, 4.69) is 32.0 Å². The third-order valence-corrected chi connectivity index (χ3v) is 10.3. The van der Waals surface area contributed by atoms with Gasteiger partial charge in [0.05, 0.1) is 15.8 Å². The molecule has 2 aromatic rings. The summed E-state index contributed by atoms with van der Waals surface area (Å²) in [5.41, 5.74) is 5.35. The van der Waals surface area contributed by atoms with E-state index < -0.39 is 10.0 Å². The predicted octanol–water partition coefficient (Wildman–Crippen LogP) is 6.27. The van der Waals surface area contributed by atoms with Gasteiger partial charge in [0.1, 0.15) is 0 Å². The predicted molar refractivity (Wildman–Crippen MR) is 123 cm³/mol. The highest BCUT2D eigenvalue weighted by atomic mass is 35.5. The number of fused-ring (bicyclic) bond motifs is 1. The molecule has 1 aliphatic heterocycles. The summed E-state index contributed by atoms with van der Waals surface area (Å²) in [5.74, 6) is 0.376. The third kappa shape index (κ3) is 3.23. The van der Waals surface area contributed by atoms with E-state index in [-0.39, 0.29) is 11.2 Å². The number of hydrogen-bond acceptors (Lipinski definition) is 2. The fourth-order valence-electron chi connectivity index (χ4n) is 5.98. The molecule has 5 rings (SSSR count). The van der Waals surface area contributed by atoms with Gasteiger partial charge in [-0.05, 0) is 71.4 Å². The molecule has 0 amide bonds. The van der Waals surface area contributed by atoms with Gasteiger partial charge in [0.25, 0.3) is 0 Å². The molecule has 2 aromatic carbocycles. The van der Waals surface area contributed by atoms with E-state index in [1.807, 2.05) is 0 Å². The van der Waals surface area contributed by atoms with Gasteiger partial charge < -0.3 is 0 Å². The topological polar surface area (TPSA) is 37.4 Å². The van der Waals surface area contributed by atoms with E-state index in [1.165, 1.54) is 29.5 Å². The Morgan fingerprint density at radius 2 is 1.87 bits per heavy atom. The van der Waals surface area contributed by atoms with E-state index in [0.717, 1.165) is 12.8 Å². The van der Waals surface area contributed by atoms with Gasteiger partial charge in [0.2, 0.25) is 10.0 Å². The van der Waals surface area contributed by atoms with Crippen LogP contribution in [0.3, 0.4) is 0 Å². The summed E-state index contributed by atoms with van der Waals surface area (Å²) in [5, 5.41) is 0.824. The molecule has 0 saturated heterocycles. The zero-order valence-electron chi connectivity index (χ0n) is 17.4. The van der Waals surface area contributed by atoms with Crippen molar-refractivity contribution in [3.05, 3.63) is 68.7 Å². The maximum Gasteiger partial charge on any atom is 0.218 e. The quantitative estimate of drug-likeness (QED) is 0.537. The standard InChI is InChI=1S/C24H27Cl2NO2S/c1-23(2)13-17-8-11-27(30(28,29)15-16-6-7-20(25)21(26)12-16)14-18-4-3-5-19(22(17)18)24(23)9-10-24/h3-7,12,17H,8-11,13-15H2,1-2H3. The number of rotatable bonds is 3. The van der Waals surface area contributed by atoms with Crippen LogP contribution in [-0.2, 0) is 27.7 Å². The zero-order valence-corrected chi connectivity index (χ0v) is 19.7. The summed E-state index contributed by atoms with van der Waals surface area (Å²) in [6.07, 6.45) is 4.52. The Balaban J connectivity index is 1.48. The molecule has 0 N–H and O–H groups in total. The lowest BCUT2D eigenvalue weighted by Crippen LogP contribution is -2.37. The molecule has 1 heterocycles. The maximum absolute atomic E-state index is 13.3. The van der Waals surface area contributed by atoms with Crippen molar-refractivity contribution in [1.82, 2.24) is 4.31 Å². The molecule has 1 fully saturated rings. The number of sulfonamides is 1. The van der Waals surface area contributed by atoms with Crippen molar-refractivity contribution in [3.8, 4) is 0 Å². The Labute approximate surface area is 189 Å². The van der Waals surface area contributed by atoms with Crippen molar-refractivity contribution in [2.75, 3.05) is 6.54 Å². The molecule has 3 aliphatic rings.